The van der Waals surface area contributed by atoms with Gasteiger partial charge < -0.3 is 9.84 Å². The summed E-state index contributed by atoms with van der Waals surface area (Å²) >= 11 is 0. The molecule has 0 aromatic carbocycles. The largest absolute Gasteiger partial charge is 0.393 e. The molecule has 0 aromatic heterocycles. The number of rotatable bonds is 22. The third-order valence-corrected chi connectivity index (χ3v) is 7.46. The second kappa shape index (κ2) is 21.7. The van der Waals surface area contributed by atoms with Crippen LogP contribution in [0.2, 0.25) is 0 Å². The summed E-state index contributed by atoms with van der Waals surface area (Å²) in [6.07, 6.45) is 31.8. The second-order valence-corrected chi connectivity index (χ2v) is 10.6. The Bertz CT molecular complexity index is 357. The average Bonchev–Trinajstić information content (AvgIpc) is 2.77. The molecular formula is C29H58O2. The molecule has 186 valence electrons. The molecule has 31 heavy (non-hydrogen) atoms. The lowest BCUT2D eigenvalue weighted by atomic mass is 9.86. The highest BCUT2D eigenvalue weighted by Gasteiger charge is 2.26. The van der Waals surface area contributed by atoms with E-state index in [9.17, 15) is 5.11 Å². The van der Waals surface area contributed by atoms with Crippen molar-refractivity contribution in [2.75, 3.05) is 6.61 Å². The van der Waals surface area contributed by atoms with Gasteiger partial charge in [-0.2, -0.15) is 0 Å². The molecule has 1 N–H and O–H groups in total. The molecule has 0 amide bonds. The van der Waals surface area contributed by atoms with Gasteiger partial charge in [-0.1, -0.05) is 136 Å². The molecular weight excluding hydrogens is 380 g/mol. The van der Waals surface area contributed by atoms with Crippen molar-refractivity contribution in [2.24, 2.45) is 5.92 Å². The van der Waals surface area contributed by atoms with Crippen LogP contribution < -0.4 is 0 Å². The summed E-state index contributed by atoms with van der Waals surface area (Å²) in [5.74, 6) is 0.458. The number of hydrogen-bond donors (Lipinski definition) is 1. The first kappa shape index (κ1) is 29.0. The van der Waals surface area contributed by atoms with E-state index < -0.39 is 0 Å². The van der Waals surface area contributed by atoms with Gasteiger partial charge in [0.05, 0.1) is 12.2 Å². The third kappa shape index (κ3) is 18.1. The highest BCUT2D eigenvalue weighted by Crippen LogP contribution is 2.26. The van der Waals surface area contributed by atoms with E-state index in [1.807, 2.05) is 0 Å². The maximum atomic E-state index is 9.94. The maximum absolute atomic E-state index is 9.94. The zero-order valence-corrected chi connectivity index (χ0v) is 21.6. The Labute approximate surface area is 196 Å². The Balaban J connectivity index is 1.68. The molecule has 1 rings (SSSR count). The first-order valence-corrected chi connectivity index (χ1v) is 14.5. The molecule has 3 atom stereocenters. The highest BCUT2D eigenvalue weighted by molar-refractivity contribution is 4.77. The van der Waals surface area contributed by atoms with Crippen LogP contribution in [0.3, 0.4) is 0 Å². The van der Waals surface area contributed by atoms with Crippen molar-refractivity contribution in [1.29, 1.82) is 0 Å². The van der Waals surface area contributed by atoms with E-state index in [0.29, 0.717) is 12.0 Å². The van der Waals surface area contributed by atoms with Crippen molar-refractivity contribution in [3.05, 3.63) is 0 Å². The van der Waals surface area contributed by atoms with Gasteiger partial charge >= 0.3 is 0 Å². The quantitative estimate of drug-likeness (QED) is 0.171. The smallest absolute Gasteiger partial charge is 0.0600 e. The summed E-state index contributed by atoms with van der Waals surface area (Å²) in [5, 5.41) is 9.94. The molecule has 2 heteroatoms. The molecule has 0 radical (unpaired) electrons. The van der Waals surface area contributed by atoms with Crippen molar-refractivity contribution in [3.63, 3.8) is 0 Å². The van der Waals surface area contributed by atoms with Gasteiger partial charge in [0.2, 0.25) is 0 Å². The lowest BCUT2D eigenvalue weighted by molar-refractivity contribution is -0.0361. The van der Waals surface area contributed by atoms with Gasteiger partial charge in [0.1, 0.15) is 0 Å². The van der Waals surface area contributed by atoms with Crippen LogP contribution >= 0.6 is 0 Å². The zero-order chi connectivity index (χ0) is 22.4. The number of aliphatic hydroxyl groups excluding tert-OH is 1. The molecule has 0 aliphatic heterocycles. The predicted molar refractivity (Wildman–Crippen MR) is 137 cm³/mol. The fraction of sp³-hybridized carbons (Fsp3) is 1.00. The van der Waals surface area contributed by atoms with Crippen LogP contribution in [0.1, 0.15) is 162 Å². The van der Waals surface area contributed by atoms with E-state index >= 15 is 0 Å². The first-order valence-electron chi connectivity index (χ1n) is 14.5. The topological polar surface area (TPSA) is 29.5 Å². The number of unbranched alkanes of at least 4 members (excludes halogenated alkanes) is 19. The van der Waals surface area contributed by atoms with Crippen LogP contribution in [0.15, 0.2) is 0 Å². The Morgan fingerprint density at radius 2 is 0.968 bits per heavy atom. The van der Waals surface area contributed by atoms with Gasteiger partial charge in [0, 0.05) is 6.61 Å². The van der Waals surface area contributed by atoms with Crippen molar-refractivity contribution in [2.45, 2.75) is 174 Å². The maximum Gasteiger partial charge on any atom is 0.0600 e. The van der Waals surface area contributed by atoms with E-state index in [1.54, 1.807) is 0 Å². The molecule has 1 saturated carbocycles. The van der Waals surface area contributed by atoms with E-state index in [4.69, 9.17) is 4.74 Å². The minimum Gasteiger partial charge on any atom is -0.393 e. The minimum absolute atomic E-state index is 0.145. The summed E-state index contributed by atoms with van der Waals surface area (Å²) in [4.78, 5) is 0. The third-order valence-electron chi connectivity index (χ3n) is 7.46. The van der Waals surface area contributed by atoms with Crippen LogP contribution in [-0.4, -0.2) is 23.9 Å². The lowest BCUT2D eigenvalue weighted by Crippen LogP contribution is -2.32. The summed E-state index contributed by atoms with van der Waals surface area (Å²) < 4.78 is 5.98. The van der Waals surface area contributed by atoms with Gasteiger partial charge in [-0.25, -0.2) is 0 Å². The highest BCUT2D eigenvalue weighted by atomic mass is 16.5. The fourth-order valence-electron chi connectivity index (χ4n) is 5.02. The van der Waals surface area contributed by atoms with Crippen LogP contribution in [0.25, 0.3) is 0 Å². The van der Waals surface area contributed by atoms with Crippen LogP contribution in [0, 0.1) is 5.92 Å². The molecule has 1 aliphatic carbocycles. The predicted octanol–water partition coefficient (Wildman–Crippen LogP) is 9.37. The summed E-state index contributed by atoms with van der Waals surface area (Å²) in [7, 11) is 0. The van der Waals surface area contributed by atoms with Crippen molar-refractivity contribution < 1.29 is 9.84 Å². The Kier molecular flexibility index (Phi) is 20.3. The summed E-state index contributed by atoms with van der Waals surface area (Å²) in [6, 6.07) is 0. The van der Waals surface area contributed by atoms with Crippen LogP contribution in [-0.2, 0) is 4.74 Å². The van der Waals surface area contributed by atoms with Crippen LogP contribution in [0.5, 0.6) is 0 Å². The van der Waals surface area contributed by atoms with Crippen molar-refractivity contribution in [3.8, 4) is 0 Å². The lowest BCUT2D eigenvalue weighted by Gasteiger charge is -2.30. The molecule has 0 bridgehead atoms. The second-order valence-electron chi connectivity index (χ2n) is 10.6. The molecule has 1 fully saturated rings. The Hall–Kier alpha value is -0.0800. The zero-order valence-electron chi connectivity index (χ0n) is 21.6. The van der Waals surface area contributed by atoms with Crippen molar-refractivity contribution in [1.82, 2.24) is 0 Å². The van der Waals surface area contributed by atoms with Crippen LogP contribution in [0.4, 0.5) is 0 Å². The molecule has 0 aromatic rings. The van der Waals surface area contributed by atoms with E-state index in [-0.39, 0.29) is 6.10 Å². The molecule has 2 nitrogen and oxygen atoms in total. The summed E-state index contributed by atoms with van der Waals surface area (Å²) in [6.45, 7) is 5.34. The number of hydrogen-bond acceptors (Lipinski definition) is 2. The molecule has 1 aliphatic rings. The monoisotopic (exact) mass is 438 g/mol. The van der Waals surface area contributed by atoms with Gasteiger partial charge in [0.15, 0.2) is 0 Å². The summed E-state index contributed by atoms with van der Waals surface area (Å²) in [5.41, 5.74) is 0. The van der Waals surface area contributed by atoms with E-state index in [1.165, 1.54) is 128 Å². The molecule has 0 spiro atoms. The van der Waals surface area contributed by atoms with E-state index in [0.717, 1.165) is 25.9 Å². The number of ether oxygens (including phenoxy) is 1. The molecule has 0 saturated heterocycles. The molecule has 3 unspecified atom stereocenters. The standard InChI is InChI=1S/C29H58O2/c1-3-4-5-6-7-8-9-10-11-12-13-14-15-16-17-18-19-20-21-22-25-31-28-24-23-27(2)29(30)26-28/h27-30H,3-26H2,1-2H3. The molecule has 0 heterocycles. The van der Waals surface area contributed by atoms with Gasteiger partial charge in [-0.15, -0.1) is 0 Å². The minimum atomic E-state index is -0.145. The fourth-order valence-corrected chi connectivity index (χ4v) is 5.02. The van der Waals surface area contributed by atoms with E-state index in [2.05, 4.69) is 13.8 Å². The first-order chi connectivity index (χ1) is 15.2. The average molecular weight is 439 g/mol. The van der Waals surface area contributed by atoms with Gasteiger partial charge in [0.25, 0.3) is 0 Å². The SMILES string of the molecule is CCCCCCCCCCCCCCCCCCCCCCOC1CCC(C)C(O)C1. The van der Waals surface area contributed by atoms with Gasteiger partial charge in [-0.3, -0.25) is 0 Å². The van der Waals surface area contributed by atoms with Crippen molar-refractivity contribution >= 4 is 0 Å². The van der Waals surface area contributed by atoms with Gasteiger partial charge in [-0.05, 0) is 31.6 Å². The number of aliphatic hydroxyl groups is 1. The Morgan fingerprint density at radius 3 is 1.35 bits per heavy atom. The Morgan fingerprint density at radius 1 is 0.581 bits per heavy atom. The normalized spacial score (nSPS) is 21.6.